The molecule has 0 N–H and O–H groups in total. The summed E-state index contributed by atoms with van der Waals surface area (Å²) < 4.78 is 5.79. The lowest BCUT2D eigenvalue weighted by molar-refractivity contribution is -0.136. The lowest BCUT2D eigenvalue weighted by Crippen LogP contribution is -2.52. The van der Waals surface area contributed by atoms with Gasteiger partial charge in [-0.3, -0.25) is 4.79 Å². The molecule has 4 heteroatoms. The lowest BCUT2D eigenvalue weighted by atomic mass is 9.49. The molecule has 1 aromatic carbocycles. The van der Waals surface area contributed by atoms with Crippen molar-refractivity contribution < 1.29 is 9.53 Å². The van der Waals surface area contributed by atoms with Gasteiger partial charge in [-0.25, -0.2) is 0 Å². The summed E-state index contributed by atoms with van der Waals surface area (Å²) in [6.07, 6.45) is 10.9. The zero-order valence-electron chi connectivity index (χ0n) is 17.1. The molecule has 3 nitrogen and oxygen atoms in total. The summed E-state index contributed by atoms with van der Waals surface area (Å²) in [5, 5.41) is 0.674. The number of rotatable bonds is 6. The van der Waals surface area contributed by atoms with E-state index in [1.807, 2.05) is 12.1 Å². The van der Waals surface area contributed by atoms with Gasteiger partial charge >= 0.3 is 0 Å². The Bertz CT molecular complexity index is 733. The Morgan fingerprint density at radius 2 is 1.89 bits per heavy atom. The lowest BCUT2D eigenvalue weighted by Gasteiger charge is -2.57. The van der Waals surface area contributed by atoms with Crippen LogP contribution in [0.2, 0.25) is 5.02 Å². The number of benzene rings is 1. The van der Waals surface area contributed by atoms with Crippen molar-refractivity contribution in [2.45, 2.75) is 64.8 Å². The summed E-state index contributed by atoms with van der Waals surface area (Å²) in [5.41, 5.74) is 1.88. The first-order valence-corrected chi connectivity index (χ1v) is 11.2. The number of ether oxygens (including phenoxy) is 1. The number of carbonyl (C=O) groups is 1. The molecule has 0 heterocycles. The molecule has 28 heavy (non-hydrogen) atoms. The molecule has 4 aliphatic carbocycles. The maximum atomic E-state index is 13.2. The van der Waals surface area contributed by atoms with Gasteiger partial charge in [-0.2, -0.15) is 0 Å². The van der Waals surface area contributed by atoms with Crippen molar-refractivity contribution in [2.24, 2.45) is 17.3 Å². The van der Waals surface area contributed by atoms with Crippen molar-refractivity contribution in [3.05, 3.63) is 40.9 Å². The quantitative estimate of drug-likeness (QED) is 0.557. The van der Waals surface area contributed by atoms with Gasteiger partial charge in [0, 0.05) is 17.6 Å². The van der Waals surface area contributed by atoms with Gasteiger partial charge in [-0.05, 0) is 67.2 Å². The van der Waals surface area contributed by atoms with Crippen LogP contribution in [0, 0.1) is 17.3 Å². The highest BCUT2D eigenvalue weighted by atomic mass is 35.5. The van der Waals surface area contributed by atoms with Crippen molar-refractivity contribution >= 4 is 17.5 Å². The van der Waals surface area contributed by atoms with E-state index in [4.69, 9.17) is 16.3 Å². The summed E-state index contributed by atoms with van der Waals surface area (Å²) in [6, 6.07) is 7.59. The van der Waals surface area contributed by atoms with Crippen molar-refractivity contribution in [2.75, 3.05) is 13.2 Å². The molecular weight excluding hydrogens is 370 g/mol. The van der Waals surface area contributed by atoms with Crippen LogP contribution in [0.4, 0.5) is 0 Å². The number of fused-ring (bicyclic) bond motifs is 1. The third-order valence-corrected chi connectivity index (χ3v) is 7.70. The van der Waals surface area contributed by atoms with Crippen LogP contribution in [0.15, 0.2) is 35.9 Å². The van der Waals surface area contributed by atoms with E-state index in [9.17, 15) is 4.79 Å². The maximum Gasteiger partial charge on any atom is 0.261 e. The smallest absolute Gasteiger partial charge is 0.261 e. The zero-order chi connectivity index (χ0) is 19.7. The van der Waals surface area contributed by atoms with Crippen LogP contribution in [0.3, 0.4) is 0 Å². The van der Waals surface area contributed by atoms with Crippen LogP contribution >= 0.6 is 11.6 Å². The predicted molar refractivity (Wildman–Crippen MR) is 114 cm³/mol. The van der Waals surface area contributed by atoms with Crippen molar-refractivity contribution in [1.29, 1.82) is 0 Å². The second-order valence-corrected chi connectivity index (χ2v) is 9.81. The molecule has 5 rings (SSSR count). The molecule has 1 aromatic rings. The average molecular weight is 402 g/mol. The minimum absolute atomic E-state index is 0.0993. The second kappa shape index (κ2) is 8.10. The van der Waals surface area contributed by atoms with Gasteiger partial charge in [0.05, 0.1) is 0 Å². The molecule has 0 aliphatic heterocycles. The van der Waals surface area contributed by atoms with Crippen molar-refractivity contribution in [3.63, 3.8) is 0 Å². The summed E-state index contributed by atoms with van der Waals surface area (Å²) in [5.74, 6) is 2.28. The molecule has 0 saturated heterocycles. The summed E-state index contributed by atoms with van der Waals surface area (Å²) in [4.78, 5) is 15.3. The fourth-order valence-corrected chi connectivity index (χ4v) is 5.55. The molecule has 0 spiro atoms. The van der Waals surface area contributed by atoms with Gasteiger partial charge in [-0.15, -0.1) is 0 Å². The topological polar surface area (TPSA) is 29.5 Å². The van der Waals surface area contributed by atoms with E-state index >= 15 is 0 Å². The molecular formula is C24H32ClNO2. The standard InChI is InChI=1S/C24H32ClNO2/c1-24(2)18-9-8-17(22(24)14-18)15-26(20-6-4-3-5-7-20)23(27)16-28-21-12-10-19(25)11-13-21/h8,10-13,18,20,22H,3-7,9,14-16H2,1-2H3. The Hall–Kier alpha value is -1.48. The normalized spacial score (nSPS) is 26.2. The monoisotopic (exact) mass is 401 g/mol. The van der Waals surface area contributed by atoms with E-state index in [2.05, 4.69) is 24.8 Å². The Labute approximate surface area is 174 Å². The van der Waals surface area contributed by atoms with E-state index in [-0.39, 0.29) is 12.5 Å². The molecule has 0 aromatic heterocycles. The fraction of sp³-hybridized carbons (Fsp3) is 0.625. The average Bonchev–Trinajstić information content (AvgIpc) is 2.72. The minimum atomic E-state index is 0.0993. The largest absolute Gasteiger partial charge is 0.484 e. The van der Waals surface area contributed by atoms with Gasteiger partial charge in [0.15, 0.2) is 6.61 Å². The van der Waals surface area contributed by atoms with Crippen LogP contribution in [0.1, 0.15) is 58.8 Å². The van der Waals surface area contributed by atoms with Crippen molar-refractivity contribution in [3.8, 4) is 5.75 Å². The van der Waals surface area contributed by atoms with Crippen molar-refractivity contribution in [1.82, 2.24) is 4.90 Å². The molecule has 1 amide bonds. The van der Waals surface area contributed by atoms with Crippen LogP contribution in [0.25, 0.3) is 0 Å². The number of carbonyl (C=O) groups excluding carboxylic acids is 1. The first-order chi connectivity index (χ1) is 13.4. The molecule has 2 fully saturated rings. The van der Waals surface area contributed by atoms with E-state index in [1.54, 1.807) is 12.1 Å². The fourth-order valence-electron chi connectivity index (χ4n) is 5.42. The van der Waals surface area contributed by atoms with Gasteiger partial charge in [0.2, 0.25) is 0 Å². The molecule has 2 bridgehead atoms. The highest BCUT2D eigenvalue weighted by Crippen LogP contribution is 2.59. The number of nitrogens with zero attached hydrogens (tertiary/aromatic N) is 1. The Morgan fingerprint density at radius 3 is 2.54 bits per heavy atom. The summed E-state index contributed by atoms with van der Waals surface area (Å²) >= 11 is 5.94. The first kappa shape index (κ1) is 19.8. The molecule has 0 radical (unpaired) electrons. The molecule has 2 unspecified atom stereocenters. The number of halogens is 1. The Balaban J connectivity index is 1.44. The van der Waals surface area contributed by atoms with Crippen LogP contribution in [0.5, 0.6) is 5.75 Å². The molecule has 152 valence electrons. The van der Waals surface area contributed by atoms with Gasteiger partial charge in [0.1, 0.15) is 5.75 Å². The number of hydrogen-bond donors (Lipinski definition) is 0. The second-order valence-electron chi connectivity index (χ2n) is 9.38. The first-order valence-electron chi connectivity index (χ1n) is 10.8. The third-order valence-electron chi connectivity index (χ3n) is 7.45. The third kappa shape index (κ3) is 3.96. The van der Waals surface area contributed by atoms with Gasteiger partial charge in [-0.1, -0.05) is 56.4 Å². The van der Waals surface area contributed by atoms with Gasteiger partial charge in [0.25, 0.3) is 5.91 Å². The summed E-state index contributed by atoms with van der Waals surface area (Å²) in [6.45, 7) is 5.68. The van der Waals surface area contributed by atoms with E-state index in [0.717, 1.165) is 25.3 Å². The Morgan fingerprint density at radius 1 is 1.18 bits per heavy atom. The van der Waals surface area contributed by atoms with Crippen LogP contribution < -0.4 is 4.74 Å². The molecule has 2 atom stereocenters. The van der Waals surface area contributed by atoms with E-state index < -0.39 is 0 Å². The Kier molecular flexibility index (Phi) is 5.73. The van der Waals surface area contributed by atoms with Crippen LogP contribution in [-0.4, -0.2) is 30.0 Å². The van der Waals surface area contributed by atoms with E-state index in [0.29, 0.717) is 28.1 Å². The minimum Gasteiger partial charge on any atom is -0.484 e. The highest BCUT2D eigenvalue weighted by Gasteiger charge is 2.51. The molecule has 4 aliphatic rings. The highest BCUT2D eigenvalue weighted by molar-refractivity contribution is 6.30. The predicted octanol–water partition coefficient (Wildman–Crippen LogP) is 5.87. The van der Waals surface area contributed by atoms with Crippen LogP contribution in [-0.2, 0) is 4.79 Å². The number of allylic oxidation sites excluding steroid dienone is 1. The SMILES string of the molecule is CC1(C)C2CC=C(CN(C(=O)COc3ccc(Cl)cc3)C3CCCCC3)C1C2. The molecule has 2 saturated carbocycles. The number of amides is 1. The van der Waals surface area contributed by atoms with E-state index in [1.165, 1.54) is 37.7 Å². The zero-order valence-corrected chi connectivity index (χ0v) is 17.9. The number of hydrogen-bond acceptors (Lipinski definition) is 2. The summed E-state index contributed by atoms with van der Waals surface area (Å²) in [7, 11) is 0. The maximum absolute atomic E-state index is 13.2. The van der Waals surface area contributed by atoms with Gasteiger partial charge < -0.3 is 9.64 Å².